The van der Waals surface area contributed by atoms with Crippen LogP contribution in [0.3, 0.4) is 0 Å². The highest BCUT2D eigenvalue weighted by Crippen LogP contribution is 2.43. The van der Waals surface area contributed by atoms with E-state index in [-0.39, 0.29) is 29.2 Å². The van der Waals surface area contributed by atoms with E-state index in [0.717, 1.165) is 26.2 Å². The summed E-state index contributed by atoms with van der Waals surface area (Å²) in [5.41, 5.74) is 1.33. The number of imidazole rings is 1. The third-order valence-electron chi connectivity index (χ3n) is 6.90. The lowest BCUT2D eigenvalue weighted by atomic mass is 10.1. The van der Waals surface area contributed by atoms with Gasteiger partial charge in [0.15, 0.2) is 0 Å². The maximum atomic E-state index is 14.8. The van der Waals surface area contributed by atoms with Gasteiger partial charge in [-0.2, -0.15) is 4.98 Å². The molecule has 1 unspecified atom stereocenters. The molecule has 0 radical (unpaired) electrons. The molecule has 3 aliphatic rings. The van der Waals surface area contributed by atoms with Crippen molar-refractivity contribution in [3.8, 4) is 11.4 Å². The van der Waals surface area contributed by atoms with Crippen molar-refractivity contribution in [1.29, 1.82) is 0 Å². The minimum absolute atomic E-state index is 0.152. The van der Waals surface area contributed by atoms with Gasteiger partial charge in [0.1, 0.15) is 23.5 Å². The van der Waals surface area contributed by atoms with Crippen molar-refractivity contribution in [1.82, 2.24) is 29.9 Å². The molecule has 1 aromatic carbocycles. The molecule has 1 amide bonds. The van der Waals surface area contributed by atoms with Gasteiger partial charge in [-0.25, -0.2) is 13.8 Å². The van der Waals surface area contributed by atoms with Crippen LogP contribution in [-0.2, 0) is 6.54 Å². The summed E-state index contributed by atoms with van der Waals surface area (Å²) in [5, 5.41) is 10.0. The number of aromatic nitrogens is 4. The Morgan fingerprint density at radius 3 is 2.86 bits per heavy atom. The van der Waals surface area contributed by atoms with Crippen LogP contribution in [0.2, 0.25) is 0 Å². The van der Waals surface area contributed by atoms with Gasteiger partial charge in [0, 0.05) is 55.6 Å². The molecule has 182 valence electrons. The van der Waals surface area contributed by atoms with Crippen LogP contribution in [0, 0.1) is 12.7 Å². The first-order valence-corrected chi connectivity index (χ1v) is 11.8. The van der Waals surface area contributed by atoms with E-state index in [1.54, 1.807) is 19.2 Å². The van der Waals surface area contributed by atoms with Crippen molar-refractivity contribution >= 4 is 17.7 Å². The number of rotatable bonds is 5. The van der Waals surface area contributed by atoms with Gasteiger partial charge in [-0.05, 0) is 31.6 Å². The SMILES string of the molecule is Cc1c(F)cc(-c2noc([C@H]3C[C@@H]3F)n2)cc1NC(=O)c1cnc2n1CC(N1CCNCC1)C=C2. The van der Waals surface area contributed by atoms with E-state index < -0.39 is 17.9 Å². The quantitative estimate of drug-likeness (QED) is 0.578. The van der Waals surface area contributed by atoms with E-state index in [4.69, 9.17) is 4.52 Å². The summed E-state index contributed by atoms with van der Waals surface area (Å²) in [6, 6.07) is 3.06. The zero-order valence-corrected chi connectivity index (χ0v) is 19.2. The van der Waals surface area contributed by atoms with E-state index >= 15 is 0 Å². The van der Waals surface area contributed by atoms with Crippen molar-refractivity contribution in [2.45, 2.75) is 38.0 Å². The minimum Gasteiger partial charge on any atom is -0.339 e. The highest BCUT2D eigenvalue weighted by molar-refractivity contribution is 6.04. The van der Waals surface area contributed by atoms with Gasteiger partial charge < -0.3 is 19.7 Å². The normalized spacial score (nSPS) is 23.8. The number of benzene rings is 1. The molecule has 2 fully saturated rings. The molecule has 6 rings (SSSR count). The number of nitrogens with zero attached hydrogens (tertiary/aromatic N) is 5. The Balaban J connectivity index is 1.23. The molecule has 9 nitrogen and oxygen atoms in total. The molecule has 0 spiro atoms. The number of fused-ring (bicyclic) bond motifs is 1. The predicted molar refractivity (Wildman–Crippen MR) is 124 cm³/mol. The van der Waals surface area contributed by atoms with Crippen molar-refractivity contribution in [3.05, 3.63) is 53.2 Å². The van der Waals surface area contributed by atoms with Crippen LogP contribution in [0.4, 0.5) is 14.5 Å². The van der Waals surface area contributed by atoms with Crippen molar-refractivity contribution < 1.29 is 18.1 Å². The molecule has 0 bridgehead atoms. The first-order valence-electron chi connectivity index (χ1n) is 11.8. The van der Waals surface area contributed by atoms with Gasteiger partial charge in [0.2, 0.25) is 11.7 Å². The molecule has 1 aliphatic carbocycles. The van der Waals surface area contributed by atoms with Crippen molar-refractivity contribution in [3.63, 3.8) is 0 Å². The number of hydrogen-bond acceptors (Lipinski definition) is 7. The lowest BCUT2D eigenvalue weighted by molar-refractivity contribution is 0.101. The summed E-state index contributed by atoms with van der Waals surface area (Å²) in [7, 11) is 0. The third kappa shape index (κ3) is 4.14. The second-order valence-corrected chi connectivity index (χ2v) is 9.22. The standard InChI is InChI=1S/C24H25F2N7O2/c1-13-17(25)8-14(22-30-24(35-31-22)16-10-18(16)26)9-19(13)29-23(34)20-11-28-21-3-2-15(12-33(20)21)32-6-4-27-5-7-32/h2-3,8-9,11,15-16,18,27H,4-7,10,12H2,1H3,(H,29,34)/t15?,16-,18-/m0/s1. The number of carbonyl (C=O) groups is 1. The van der Waals surface area contributed by atoms with E-state index in [1.165, 1.54) is 6.07 Å². The summed E-state index contributed by atoms with van der Waals surface area (Å²) in [4.78, 5) is 24.2. The van der Waals surface area contributed by atoms with Crippen LogP contribution in [0.1, 0.15) is 40.1 Å². The Bertz CT molecular complexity index is 1310. The Morgan fingerprint density at radius 2 is 2.09 bits per heavy atom. The maximum Gasteiger partial charge on any atom is 0.273 e. The van der Waals surface area contributed by atoms with Crippen molar-refractivity contribution in [2.75, 3.05) is 31.5 Å². The number of nitrogens with one attached hydrogen (secondary N) is 2. The molecule has 3 aromatic rings. The van der Waals surface area contributed by atoms with Crippen LogP contribution >= 0.6 is 0 Å². The molecule has 35 heavy (non-hydrogen) atoms. The summed E-state index contributed by atoms with van der Waals surface area (Å²) in [6.45, 7) is 5.96. The lowest BCUT2D eigenvalue weighted by Crippen LogP contribution is -2.49. The largest absolute Gasteiger partial charge is 0.339 e. The fraction of sp³-hybridized carbons (Fsp3) is 0.417. The molecule has 3 atom stereocenters. The van der Waals surface area contributed by atoms with Gasteiger partial charge >= 0.3 is 0 Å². The Labute approximate surface area is 200 Å². The average molecular weight is 482 g/mol. The van der Waals surface area contributed by atoms with Crippen LogP contribution in [0.5, 0.6) is 0 Å². The van der Waals surface area contributed by atoms with Crippen molar-refractivity contribution in [2.24, 2.45) is 0 Å². The van der Waals surface area contributed by atoms with Gasteiger partial charge in [0.05, 0.1) is 12.1 Å². The number of carbonyl (C=O) groups excluding carboxylic acids is 1. The summed E-state index contributed by atoms with van der Waals surface area (Å²) < 4.78 is 35.1. The molecule has 2 N–H and O–H groups in total. The van der Waals surface area contributed by atoms with Crippen LogP contribution < -0.4 is 10.6 Å². The molecule has 1 saturated heterocycles. The van der Waals surface area contributed by atoms with E-state index in [1.807, 2.05) is 10.6 Å². The smallest absolute Gasteiger partial charge is 0.273 e. The van der Waals surface area contributed by atoms with Crippen LogP contribution in [-0.4, -0.2) is 68.9 Å². The number of anilines is 1. The summed E-state index contributed by atoms with van der Waals surface area (Å²) in [5.74, 6) is -0.223. The fourth-order valence-corrected chi connectivity index (χ4v) is 4.64. The number of halogens is 2. The predicted octanol–water partition coefficient (Wildman–Crippen LogP) is 2.76. The Morgan fingerprint density at radius 1 is 1.29 bits per heavy atom. The topological polar surface area (TPSA) is 101 Å². The third-order valence-corrected chi connectivity index (χ3v) is 6.90. The van der Waals surface area contributed by atoms with Gasteiger partial charge in [-0.15, -0.1) is 0 Å². The molecular weight excluding hydrogens is 456 g/mol. The van der Waals surface area contributed by atoms with E-state index in [9.17, 15) is 13.6 Å². The van der Waals surface area contributed by atoms with E-state index in [2.05, 4.69) is 36.7 Å². The van der Waals surface area contributed by atoms with Gasteiger partial charge in [0.25, 0.3) is 5.91 Å². The Kier molecular flexibility index (Phi) is 5.45. The second kappa shape index (κ2) is 8.65. The number of amides is 1. The molecule has 1 saturated carbocycles. The summed E-state index contributed by atoms with van der Waals surface area (Å²) in [6.07, 6.45) is 4.99. The molecule has 11 heteroatoms. The highest BCUT2D eigenvalue weighted by atomic mass is 19.1. The van der Waals surface area contributed by atoms with Crippen LogP contribution in [0.15, 0.2) is 28.9 Å². The molecule has 4 heterocycles. The number of piperazine rings is 1. The number of hydrogen-bond donors (Lipinski definition) is 2. The molecular formula is C24H25F2N7O2. The summed E-state index contributed by atoms with van der Waals surface area (Å²) >= 11 is 0. The van der Waals surface area contributed by atoms with Crippen LogP contribution in [0.25, 0.3) is 17.5 Å². The monoisotopic (exact) mass is 481 g/mol. The highest BCUT2D eigenvalue weighted by Gasteiger charge is 2.43. The fourth-order valence-electron chi connectivity index (χ4n) is 4.64. The number of alkyl halides is 1. The van der Waals surface area contributed by atoms with Gasteiger partial charge in [-0.1, -0.05) is 11.2 Å². The van der Waals surface area contributed by atoms with E-state index in [0.29, 0.717) is 35.7 Å². The lowest BCUT2D eigenvalue weighted by Gasteiger charge is -2.35. The average Bonchev–Trinajstić information content (AvgIpc) is 3.25. The second-order valence-electron chi connectivity index (χ2n) is 9.22. The zero-order chi connectivity index (χ0) is 24.1. The first-order chi connectivity index (χ1) is 17.0. The minimum atomic E-state index is -0.976. The zero-order valence-electron chi connectivity index (χ0n) is 19.2. The Hall–Kier alpha value is -3.44. The maximum absolute atomic E-state index is 14.8. The molecule has 2 aliphatic heterocycles. The molecule has 2 aromatic heterocycles. The van der Waals surface area contributed by atoms with Gasteiger partial charge in [-0.3, -0.25) is 9.69 Å². The first kappa shape index (κ1) is 22.1.